The van der Waals surface area contributed by atoms with Crippen LogP contribution in [0.4, 0.5) is 13.2 Å². The predicted octanol–water partition coefficient (Wildman–Crippen LogP) is 1.08. The standard InChI is InChI=1S/C12H10F3N3O2/c13-12(14,15)6-16-10(19)5-18-7-17-9-4-2-1-3-8(9)11(18)20/h1-4,7H,5-6H2,(H,16,19). The SMILES string of the molecule is O=C(Cn1cnc2ccccc2c1=O)NCC(F)(F)F. The minimum atomic E-state index is -4.48. The van der Waals surface area contributed by atoms with Crippen molar-refractivity contribution in [3.63, 3.8) is 0 Å². The maximum Gasteiger partial charge on any atom is 0.405 e. The van der Waals surface area contributed by atoms with Crippen LogP contribution in [0.2, 0.25) is 0 Å². The second-order valence-electron chi connectivity index (χ2n) is 4.09. The van der Waals surface area contributed by atoms with Crippen LogP contribution in [0, 0.1) is 0 Å². The Kier molecular flexibility index (Phi) is 3.73. The van der Waals surface area contributed by atoms with E-state index in [0.717, 1.165) is 10.9 Å². The summed E-state index contributed by atoms with van der Waals surface area (Å²) in [5, 5.41) is 2.00. The number of amides is 1. The summed E-state index contributed by atoms with van der Waals surface area (Å²) in [7, 11) is 0. The maximum atomic E-state index is 12.0. The van der Waals surface area contributed by atoms with Gasteiger partial charge in [-0.2, -0.15) is 13.2 Å². The van der Waals surface area contributed by atoms with Crippen LogP contribution in [0.15, 0.2) is 35.4 Å². The Morgan fingerprint density at radius 1 is 1.30 bits per heavy atom. The molecule has 0 atom stereocenters. The molecule has 1 aromatic heterocycles. The van der Waals surface area contributed by atoms with E-state index in [0.29, 0.717) is 10.9 Å². The number of hydrogen-bond acceptors (Lipinski definition) is 3. The van der Waals surface area contributed by atoms with Gasteiger partial charge in [-0.15, -0.1) is 0 Å². The van der Waals surface area contributed by atoms with Crippen LogP contribution in [0.5, 0.6) is 0 Å². The second-order valence-corrected chi connectivity index (χ2v) is 4.09. The molecule has 1 amide bonds. The summed E-state index contributed by atoms with van der Waals surface area (Å²) in [6.07, 6.45) is -3.35. The number of aromatic nitrogens is 2. The number of hydrogen-bond donors (Lipinski definition) is 1. The number of rotatable bonds is 3. The molecule has 20 heavy (non-hydrogen) atoms. The molecule has 0 bridgehead atoms. The highest BCUT2D eigenvalue weighted by Crippen LogP contribution is 2.12. The number of halogens is 3. The Balaban J connectivity index is 2.16. The van der Waals surface area contributed by atoms with Gasteiger partial charge in [0, 0.05) is 0 Å². The van der Waals surface area contributed by atoms with Crippen LogP contribution in [0.25, 0.3) is 10.9 Å². The molecule has 1 aromatic carbocycles. The lowest BCUT2D eigenvalue weighted by atomic mass is 10.2. The van der Waals surface area contributed by atoms with E-state index in [-0.39, 0.29) is 0 Å². The fourth-order valence-corrected chi connectivity index (χ4v) is 1.63. The fraction of sp³-hybridized carbons (Fsp3) is 0.250. The molecule has 0 fully saturated rings. The largest absolute Gasteiger partial charge is 0.405 e. The smallest absolute Gasteiger partial charge is 0.345 e. The van der Waals surface area contributed by atoms with E-state index in [9.17, 15) is 22.8 Å². The first kappa shape index (κ1) is 14.0. The van der Waals surface area contributed by atoms with Gasteiger partial charge in [0.05, 0.1) is 17.2 Å². The topological polar surface area (TPSA) is 64.0 Å². The van der Waals surface area contributed by atoms with Gasteiger partial charge in [0.25, 0.3) is 5.56 Å². The molecular formula is C12H10F3N3O2. The van der Waals surface area contributed by atoms with Crippen molar-refractivity contribution in [2.24, 2.45) is 0 Å². The minimum Gasteiger partial charge on any atom is -0.345 e. The molecule has 0 saturated carbocycles. The molecule has 2 aromatic rings. The number of benzene rings is 1. The summed E-state index contributed by atoms with van der Waals surface area (Å²) in [5.74, 6) is -0.901. The minimum absolute atomic E-state index is 0.304. The fourth-order valence-electron chi connectivity index (χ4n) is 1.63. The summed E-state index contributed by atoms with van der Waals surface area (Å²) < 4.78 is 36.8. The molecule has 0 spiro atoms. The molecule has 0 aliphatic rings. The first-order valence-electron chi connectivity index (χ1n) is 5.64. The number of carbonyl (C=O) groups excluding carboxylic acids is 1. The number of carbonyl (C=O) groups is 1. The first-order valence-corrected chi connectivity index (χ1v) is 5.64. The Bertz CT molecular complexity index is 694. The van der Waals surface area contributed by atoms with E-state index in [1.807, 2.05) is 0 Å². The quantitative estimate of drug-likeness (QED) is 0.917. The van der Waals surface area contributed by atoms with Crippen molar-refractivity contribution in [2.75, 3.05) is 6.54 Å². The zero-order valence-electron chi connectivity index (χ0n) is 10.1. The van der Waals surface area contributed by atoms with Crippen LogP contribution in [0.1, 0.15) is 0 Å². The van der Waals surface area contributed by atoms with Gasteiger partial charge in [0.2, 0.25) is 5.91 Å². The van der Waals surface area contributed by atoms with Crippen LogP contribution < -0.4 is 10.9 Å². The molecule has 0 aliphatic heterocycles. The monoisotopic (exact) mass is 285 g/mol. The van der Waals surface area contributed by atoms with Crippen molar-refractivity contribution >= 4 is 16.8 Å². The number of fused-ring (bicyclic) bond motifs is 1. The van der Waals surface area contributed by atoms with Crippen LogP contribution in [-0.2, 0) is 11.3 Å². The summed E-state index contributed by atoms with van der Waals surface area (Å²) in [6.45, 7) is -1.94. The molecule has 0 radical (unpaired) electrons. The van der Waals surface area contributed by atoms with E-state index in [1.54, 1.807) is 23.5 Å². The third kappa shape index (κ3) is 3.34. The molecule has 8 heteroatoms. The molecule has 2 rings (SSSR count). The van der Waals surface area contributed by atoms with E-state index in [4.69, 9.17) is 0 Å². The molecule has 1 N–H and O–H groups in total. The highest BCUT2D eigenvalue weighted by molar-refractivity contribution is 5.78. The highest BCUT2D eigenvalue weighted by atomic mass is 19.4. The first-order chi connectivity index (χ1) is 9.37. The van der Waals surface area contributed by atoms with Gasteiger partial charge in [-0.05, 0) is 12.1 Å². The van der Waals surface area contributed by atoms with Gasteiger partial charge in [0.15, 0.2) is 0 Å². The van der Waals surface area contributed by atoms with Crippen molar-refractivity contribution in [1.82, 2.24) is 14.9 Å². The summed E-state index contributed by atoms with van der Waals surface area (Å²) >= 11 is 0. The zero-order chi connectivity index (χ0) is 14.8. The van der Waals surface area contributed by atoms with Gasteiger partial charge in [-0.1, -0.05) is 12.1 Å². The number of nitrogens with zero attached hydrogens (tertiary/aromatic N) is 2. The summed E-state index contributed by atoms with van der Waals surface area (Å²) in [4.78, 5) is 27.3. The van der Waals surface area contributed by atoms with E-state index in [1.165, 1.54) is 6.07 Å². The van der Waals surface area contributed by atoms with Crippen molar-refractivity contribution < 1.29 is 18.0 Å². The van der Waals surface area contributed by atoms with Crippen molar-refractivity contribution in [3.05, 3.63) is 40.9 Å². The third-order valence-electron chi connectivity index (χ3n) is 2.53. The molecule has 1 heterocycles. The summed E-state index contributed by atoms with van der Waals surface area (Å²) in [5.41, 5.74) is -0.0118. The molecule has 0 aliphatic carbocycles. The Morgan fingerprint density at radius 3 is 2.70 bits per heavy atom. The predicted molar refractivity (Wildman–Crippen MR) is 65.1 cm³/mol. The molecule has 106 valence electrons. The third-order valence-corrected chi connectivity index (χ3v) is 2.53. The summed E-state index contributed by atoms with van der Waals surface area (Å²) in [6, 6.07) is 6.51. The molecule has 5 nitrogen and oxygen atoms in total. The van der Waals surface area contributed by atoms with E-state index < -0.39 is 30.7 Å². The van der Waals surface area contributed by atoms with Crippen molar-refractivity contribution in [3.8, 4) is 0 Å². The van der Waals surface area contributed by atoms with Crippen molar-refractivity contribution in [2.45, 2.75) is 12.7 Å². The Labute approximate surface area is 111 Å². The van der Waals surface area contributed by atoms with Crippen LogP contribution in [0.3, 0.4) is 0 Å². The molecule has 0 unspecified atom stereocenters. The molecular weight excluding hydrogens is 275 g/mol. The number of para-hydroxylation sites is 1. The zero-order valence-corrected chi connectivity index (χ0v) is 10.1. The highest BCUT2D eigenvalue weighted by Gasteiger charge is 2.27. The molecule has 0 saturated heterocycles. The lowest BCUT2D eigenvalue weighted by Gasteiger charge is -2.09. The van der Waals surface area contributed by atoms with Gasteiger partial charge in [-0.3, -0.25) is 14.2 Å². The average molecular weight is 285 g/mol. The van der Waals surface area contributed by atoms with Crippen LogP contribution >= 0.6 is 0 Å². The van der Waals surface area contributed by atoms with Crippen molar-refractivity contribution in [1.29, 1.82) is 0 Å². The van der Waals surface area contributed by atoms with Gasteiger partial charge >= 0.3 is 6.18 Å². The van der Waals surface area contributed by atoms with Gasteiger partial charge < -0.3 is 5.32 Å². The van der Waals surface area contributed by atoms with Gasteiger partial charge in [0.1, 0.15) is 13.1 Å². The Morgan fingerprint density at radius 2 is 2.00 bits per heavy atom. The second kappa shape index (κ2) is 5.32. The Hall–Kier alpha value is -2.38. The number of nitrogens with one attached hydrogen (secondary N) is 1. The van der Waals surface area contributed by atoms with E-state index >= 15 is 0 Å². The average Bonchev–Trinajstić information content (AvgIpc) is 2.39. The van der Waals surface area contributed by atoms with Crippen LogP contribution in [-0.4, -0.2) is 28.2 Å². The van der Waals surface area contributed by atoms with Gasteiger partial charge in [-0.25, -0.2) is 4.98 Å². The maximum absolute atomic E-state index is 12.0. The van der Waals surface area contributed by atoms with E-state index in [2.05, 4.69) is 4.98 Å². The normalized spacial score (nSPS) is 11.6. The lowest BCUT2D eigenvalue weighted by molar-refractivity contribution is -0.138. The lowest BCUT2D eigenvalue weighted by Crippen LogP contribution is -2.37. The number of alkyl halides is 3.